The Bertz CT molecular complexity index is 739. The van der Waals surface area contributed by atoms with Gasteiger partial charge in [-0.1, -0.05) is 0 Å². The van der Waals surface area contributed by atoms with Gasteiger partial charge in [0.25, 0.3) is 0 Å². The first-order valence-corrected chi connectivity index (χ1v) is 21.7. The third kappa shape index (κ3) is 14.5. The lowest BCUT2D eigenvalue weighted by molar-refractivity contribution is -0.132. The van der Waals surface area contributed by atoms with Gasteiger partial charge in [0.2, 0.25) is 0 Å². The molecule has 0 spiro atoms. The minimum absolute atomic E-state index is 0.00611. The standard InChI is InChI=1S/C32H66N2O12Si2/c1-35-47(36-2,37-3)23-7-13-33-27-9-11-29-31(25-27)45-21-17-42-18-22-46-32-26-28(34-14-8-24-48(38-4,39-5)40-6)10-12-30(32)44-20-16-41-15-19-43-29/h27-34H,7-26H2,1-6H3. The number of hydrogen-bond acceptors (Lipinski definition) is 14. The van der Waals surface area contributed by atoms with E-state index in [4.69, 9.17) is 55.0 Å². The van der Waals surface area contributed by atoms with E-state index in [1.165, 1.54) is 0 Å². The Balaban J connectivity index is 1.41. The van der Waals surface area contributed by atoms with Crippen molar-refractivity contribution in [2.45, 2.75) is 100.0 Å². The average Bonchev–Trinajstić information content (AvgIpc) is 3.12. The Morgan fingerprint density at radius 1 is 0.458 bits per heavy atom. The van der Waals surface area contributed by atoms with Crippen LogP contribution in [0.1, 0.15) is 51.4 Å². The van der Waals surface area contributed by atoms with Crippen LogP contribution >= 0.6 is 0 Å². The maximum atomic E-state index is 6.35. The first-order chi connectivity index (χ1) is 23.5. The zero-order valence-electron chi connectivity index (χ0n) is 30.5. The number of ether oxygens (including phenoxy) is 6. The summed E-state index contributed by atoms with van der Waals surface area (Å²) in [6, 6.07) is 2.26. The van der Waals surface area contributed by atoms with Crippen molar-refractivity contribution < 1.29 is 55.0 Å². The number of rotatable bonds is 16. The summed E-state index contributed by atoms with van der Waals surface area (Å²) in [7, 11) is 4.84. The molecule has 3 rings (SSSR count). The van der Waals surface area contributed by atoms with E-state index in [1.54, 1.807) is 42.7 Å². The van der Waals surface area contributed by atoms with E-state index in [0.717, 1.165) is 76.5 Å². The Morgan fingerprint density at radius 3 is 1.12 bits per heavy atom. The Hall–Kier alpha value is -0.126. The number of hydrogen-bond donors (Lipinski definition) is 2. The summed E-state index contributed by atoms with van der Waals surface area (Å²) in [6.45, 7) is 5.88. The van der Waals surface area contributed by atoms with E-state index >= 15 is 0 Å². The van der Waals surface area contributed by atoms with Gasteiger partial charge in [0.05, 0.1) is 77.3 Å². The molecule has 2 N–H and O–H groups in total. The van der Waals surface area contributed by atoms with Crippen molar-refractivity contribution in [3.8, 4) is 0 Å². The van der Waals surface area contributed by atoms with Crippen molar-refractivity contribution in [3.63, 3.8) is 0 Å². The summed E-state index contributed by atoms with van der Waals surface area (Å²) in [5.74, 6) is 0. The summed E-state index contributed by atoms with van der Waals surface area (Å²) in [6.07, 6.45) is 7.60. The molecule has 0 aromatic heterocycles. The average molecular weight is 727 g/mol. The molecule has 6 unspecified atom stereocenters. The maximum absolute atomic E-state index is 6.35. The van der Waals surface area contributed by atoms with Crippen LogP contribution in [-0.2, 0) is 55.0 Å². The van der Waals surface area contributed by atoms with E-state index in [2.05, 4.69) is 10.6 Å². The van der Waals surface area contributed by atoms with Gasteiger partial charge in [0.1, 0.15) is 0 Å². The second kappa shape index (κ2) is 24.2. The highest BCUT2D eigenvalue weighted by Gasteiger charge is 2.38. The van der Waals surface area contributed by atoms with Crippen molar-refractivity contribution in [3.05, 3.63) is 0 Å². The molecule has 3 aliphatic rings. The third-order valence-electron chi connectivity index (χ3n) is 9.75. The molecule has 0 aromatic carbocycles. The van der Waals surface area contributed by atoms with E-state index in [0.29, 0.717) is 64.9 Å². The van der Waals surface area contributed by atoms with Crippen LogP contribution in [-0.4, -0.2) is 163 Å². The molecule has 3 fully saturated rings. The topological polar surface area (TPSA) is 135 Å². The van der Waals surface area contributed by atoms with Crippen LogP contribution in [0.5, 0.6) is 0 Å². The molecule has 1 aliphatic heterocycles. The molecule has 2 saturated carbocycles. The highest BCUT2D eigenvalue weighted by Crippen LogP contribution is 2.27. The molecule has 0 aromatic rings. The molecule has 284 valence electrons. The highest BCUT2D eigenvalue weighted by atomic mass is 28.4. The van der Waals surface area contributed by atoms with Gasteiger partial charge < -0.3 is 65.6 Å². The van der Waals surface area contributed by atoms with E-state index in [9.17, 15) is 0 Å². The monoisotopic (exact) mass is 726 g/mol. The van der Waals surface area contributed by atoms with E-state index in [-0.39, 0.29) is 24.4 Å². The van der Waals surface area contributed by atoms with Crippen LogP contribution in [0, 0.1) is 0 Å². The summed E-state index contributed by atoms with van der Waals surface area (Å²) in [4.78, 5) is 0. The zero-order chi connectivity index (χ0) is 34.5. The lowest BCUT2D eigenvalue weighted by Crippen LogP contribution is -2.47. The quantitative estimate of drug-likeness (QED) is 0.178. The third-order valence-corrected chi connectivity index (χ3v) is 15.4. The van der Waals surface area contributed by atoms with Crippen molar-refractivity contribution in [2.75, 3.05) is 109 Å². The lowest BCUT2D eigenvalue weighted by atomic mass is 9.90. The van der Waals surface area contributed by atoms with Crippen molar-refractivity contribution >= 4 is 17.6 Å². The minimum Gasteiger partial charge on any atom is -0.377 e. The molecular formula is C32H66N2O12Si2. The van der Waals surface area contributed by atoms with Crippen LogP contribution in [0.4, 0.5) is 0 Å². The van der Waals surface area contributed by atoms with Crippen molar-refractivity contribution in [2.24, 2.45) is 0 Å². The fourth-order valence-electron chi connectivity index (χ4n) is 6.88. The van der Waals surface area contributed by atoms with Crippen molar-refractivity contribution in [1.82, 2.24) is 10.6 Å². The molecule has 1 saturated heterocycles. The van der Waals surface area contributed by atoms with Gasteiger partial charge >= 0.3 is 17.6 Å². The molecule has 14 nitrogen and oxygen atoms in total. The first-order valence-electron chi connectivity index (χ1n) is 17.9. The van der Waals surface area contributed by atoms with Crippen LogP contribution in [0.15, 0.2) is 0 Å². The Labute approximate surface area is 291 Å². The fraction of sp³-hybridized carbons (Fsp3) is 1.00. The molecular weight excluding hydrogens is 661 g/mol. The zero-order valence-corrected chi connectivity index (χ0v) is 32.5. The van der Waals surface area contributed by atoms with Gasteiger partial charge in [-0.3, -0.25) is 0 Å². The van der Waals surface area contributed by atoms with Gasteiger partial charge in [-0.2, -0.15) is 0 Å². The smallest absolute Gasteiger partial charge is 0.377 e. The molecule has 0 bridgehead atoms. The maximum Gasteiger partial charge on any atom is 0.500 e. The lowest BCUT2D eigenvalue weighted by Gasteiger charge is -2.37. The predicted molar refractivity (Wildman–Crippen MR) is 184 cm³/mol. The van der Waals surface area contributed by atoms with Crippen LogP contribution in [0.3, 0.4) is 0 Å². The van der Waals surface area contributed by atoms with E-state index in [1.807, 2.05) is 0 Å². The predicted octanol–water partition coefficient (Wildman–Crippen LogP) is 2.39. The second-order valence-corrected chi connectivity index (χ2v) is 18.8. The van der Waals surface area contributed by atoms with Gasteiger partial charge in [0.15, 0.2) is 0 Å². The summed E-state index contributed by atoms with van der Waals surface area (Å²) in [5.41, 5.74) is 0. The molecule has 16 heteroatoms. The van der Waals surface area contributed by atoms with Crippen LogP contribution in [0.25, 0.3) is 0 Å². The normalized spacial score (nSPS) is 29.4. The molecule has 2 aliphatic carbocycles. The summed E-state index contributed by atoms with van der Waals surface area (Å²) < 4.78 is 70.4. The Morgan fingerprint density at radius 2 is 0.792 bits per heavy atom. The molecule has 6 atom stereocenters. The van der Waals surface area contributed by atoms with Gasteiger partial charge in [-0.25, -0.2) is 0 Å². The van der Waals surface area contributed by atoms with Gasteiger partial charge in [0, 0.05) is 66.8 Å². The molecule has 0 radical (unpaired) electrons. The van der Waals surface area contributed by atoms with Gasteiger partial charge in [-0.05, 0) is 64.5 Å². The Kier molecular flexibility index (Phi) is 21.3. The summed E-state index contributed by atoms with van der Waals surface area (Å²) in [5, 5.41) is 7.40. The number of fused-ring (bicyclic) bond motifs is 2. The molecule has 0 amide bonds. The molecule has 1 heterocycles. The number of nitrogens with one attached hydrogen (secondary N) is 2. The second-order valence-electron chi connectivity index (χ2n) is 12.6. The summed E-state index contributed by atoms with van der Waals surface area (Å²) >= 11 is 0. The van der Waals surface area contributed by atoms with E-state index < -0.39 is 17.6 Å². The van der Waals surface area contributed by atoms with Crippen LogP contribution in [0.2, 0.25) is 12.1 Å². The highest BCUT2D eigenvalue weighted by molar-refractivity contribution is 6.60. The SMILES string of the molecule is CO[Si](CCCNC1CCC2OCCOCCOC3CCC(NCCC[Si](OC)(OC)OC)CC3OCCOCCOC2C1)(OC)OC. The molecule has 48 heavy (non-hydrogen) atoms. The van der Waals surface area contributed by atoms with Crippen LogP contribution < -0.4 is 10.6 Å². The largest absolute Gasteiger partial charge is 0.500 e. The van der Waals surface area contributed by atoms with Gasteiger partial charge in [-0.15, -0.1) is 0 Å². The van der Waals surface area contributed by atoms with Crippen molar-refractivity contribution in [1.29, 1.82) is 0 Å². The first kappa shape index (κ1) is 42.3. The fourth-order valence-corrected chi connectivity index (χ4v) is 10.3. The minimum atomic E-state index is -2.55.